The van der Waals surface area contributed by atoms with Crippen LogP contribution in [0.3, 0.4) is 0 Å². The summed E-state index contributed by atoms with van der Waals surface area (Å²) in [6.45, 7) is -0.459. The Morgan fingerprint density at radius 3 is 2.61 bits per heavy atom. The summed E-state index contributed by atoms with van der Waals surface area (Å²) in [5.41, 5.74) is -0.693. The maximum atomic E-state index is 13.4. The Hall–Kier alpha value is -1.83. The van der Waals surface area contributed by atoms with Crippen molar-refractivity contribution in [3.63, 3.8) is 0 Å². The normalized spacial score (nSPS) is 19.5. The highest BCUT2D eigenvalue weighted by molar-refractivity contribution is 5.93. The number of nitrogens with zero attached hydrogens (tertiary/aromatic N) is 1. The Morgan fingerprint density at radius 1 is 1.39 bits per heavy atom. The number of anilines is 1. The van der Waals surface area contributed by atoms with Crippen molar-refractivity contribution < 1.29 is 27.6 Å². The molecule has 1 aliphatic rings. The van der Waals surface area contributed by atoms with E-state index < -0.39 is 41.2 Å². The number of amides is 2. The van der Waals surface area contributed by atoms with Crippen LogP contribution < -0.4 is 10.4 Å². The summed E-state index contributed by atoms with van der Waals surface area (Å²) in [6, 6.07) is -0.458. The summed E-state index contributed by atoms with van der Waals surface area (Å²) in [4.78, 5) is 11.1. The number of fused-ring (bicyclic) bond motifs is 1. The van der Waals surface area contributed by atoms with Crippen molar-refractivity contribution in [2.24, 2.45) is 0 Å². The highest BCUT2D eigenvalue weighted by Crippen LogP contribution is 2.41. The smallest absolute Gasteiger partial charge is 0.392 e. The molecule has 18 heavy (non-hydrogen) atoms. The standard InChI is InChI=1S/C10H8F4N2O2/c11-10(12,13)8-6-2-1-5(4-17)3-7(6)16(14)9(18)15-8/h1-3,8,17H,4H2,(H,15,18). The molecule has 1 aromatic carbocycles. The molecule has 0 saturated heterocycles. The van der Waals surface area contributed by atoms with Gasteiger partial charge in [-0.25, -0.2) is 4.79 Å². The number of hydrogen-bond donors (Lipinski definition) is 2. The molecular weight excluding hydrogens is 256 g/mol. The summed E-state index contributed by atoms with van der Waals surface area (Å²) in [5.74, 6) is 0. The van der Waals surface area contributed by atoms with Gasteiger partial charge >= 0.3 is 12.2 Å². The molecule has 4 nitrogen and oxygen atoms in total. The van der Waals surface area contributed by atoms with E-state index in [1.165, 1.54) is 11.4 Å². The fourth-order valence-electron chi connectivity index (χ4n) is 1.73. The van der Waals surface area contributed by atoms with Crippen LogP contribution in [0.2, 0.25) is 0 Å². The van der Waals surface area contributed by atoms with Crippen molar-refractivity contribution in [2.45, 2.75) is 18.8 Å². The molecule has 0 spiro atoms. The summed E-state index contributed by atoms with van der Waals surface area (Å²) in [5, 5.41) is 9.97. The van der Waals surface area contributed by atoms with Crippen molar-refractivity contribution in [1.82, 2.24) is 5.32 Å². The lowest BCUT2D eigenvalue weighted by Gasteiger charge is -2.31. The zero-order valence-corrected chi connectivity index (χ0v) is 8.83. The van der Waals surface area contributed by atoms with Gasteiger partial charge in [0.1, 0.15) is 0 Å². The van der Waals surface area contributed by atoms with E-state index in [-0.39, 0.29) is 5.56 Å². The Kier molecular flexibility index (Phi) is 2.89. The molecule has 2 rings (SSSR count). The lowest BCUT2D eigenvalue weighted by atomic mass is 10.00. The van der Waals surface area contributed by atoms with Crippen LogP contribution in [0.1, 0.15) is 17.2 Å². The van der Waals surface area contributed by atoms with Crippen molar-refractivity contribution in [2.75, 3.05) is 5.12 Å². The number of alkyl halides is 3. The van der Waals surface area contributed by atoms with Crippen molar-refractivity contribution in [3.8, 4) is 0 Å². The van der Waals surface area contributed by atoms with Gasteiger partial charge in [-0.2, -0.15) is 13.2 Å². The predicted molar refractivity (Wildman–Crippen MR) is 53.3 cm³/mol. The van der Waals surface area contributed by atoms with Crippen LogP contribution in [0.5, 0.6) is 0 Å². The molecule has 0 fully saturated rings. The number of nitrogens with one attached hydrogen (secondary N) is 1. The number of benzene rings is 1. The first-order valence-corrected chi connectivity index (χ1v) is 4.91. The van der Waals surface area contributed by atoms with Gasteiger partial charge < -0.3 is 10.4 Å². The van der Waals surface area contributed by atoms with E-state index in [0.29, 0.717) is 0 Å². The van der Waals surface area contributed by atoms with Gasteiger partial charge in [0.15, 0.2) is 6.04 Å². The van der Waals surface area contributed by atoms with E-state index >= 15 is 0 Å². The number of carbonyl (C=O) groups excluding carboxylic acids is 1. The molecule has 1 aliphatic heterocycles. The van der Waals surface area contributed by atoms with Crippen molar-refractivity contribution >= 4 is 11.7 Å². The SMILES string of the molecule is O=C1NC(C(F)(F)F)c2ccc(CO)cc2N1F. The Morgan fingerprint density at radius 2 is 2.06 bits per heavy atom. The van der Waals surface area contributed by atoms with Gasteiger partial charge in [-0.05, 0) is 11.6 Å². The first-order valence-electron chi connectivity index (χ1n) is 4.91. The largest absolute Gasteiger partial charge is 0.413 e. The fraction of sp³-hybridized carbons (Fsp3) is 0.300. The van der Waals surface area contributed by atoms with E-state index in [2.05, 4.69) is 0 Å². The molecule has 98 valence electrons. The fourth-order valence-corrected chi connectivity index (χ4v) is 1.73. The Labute approximate surface area is 98.7 Å². The number of carbonyl (C=O) groups is 1. The average Bonchev–Trinajstić information content (AvgIpc) is 2.31. The van der Waals surface area contributed by atoms with Gasteiger partial charge in [-0.1, -0.05) is 16.6 Å². The van der Waals surface area contributed by atoms with E-state index in [1.807, 2.05) is 0 Å². The molecule has 1 heterocycles. The minimum Gasteiger partial charge on any atom is -0.392 e. The highest BCUT2D eigenvalue weighted by atomic mass is 19.4. The third-order valence-electron chi connectivity index (χ3n) is 2.57. The van der Waals surface area contributed by atoms with Crippen molar-refractivity contribution in [1.29, 1.82) is 0 Å². The number of halogens is 4. The number of urea groups is 1. The minimum atomic E-state index is -4.72. The summed E-state index contributed by atoms with van der Waals surface area (Å²) < 4.78 is 51.5. The molecule has 0 bridgehead atoms. The second-order valence-electron chi connectivity index (χ2n) is 3.76. The van der Waals surface area contributed by atoms with E-state index in [9.17, 15) is 22.4 Å². The Bertz CT molecular complexity index is 489. The molecule has 0 aliphatic carbocycles. The van der Waals surface area contributed by atoms with Crippen LogP contribution in [0, 0.1) is 0 Å². The summed E-state index contributed by atoms with van der Waals surface area (Å²) in [6.07, 6.45) is -4.72. The molecule has 8 heteroatoms. The van der Waals surface area contributed by atoms with Crippen LogP contribution >= 0.6 is 0 Å². The predicted octanol–water partition coefficient (Wildman–Crippen LogP) is 2.20. The molecule has 1 aromatic rings. The molecule has 0 radical (unpaired) electrons. The van der Waals surface area contributed by atoms with E-state index in [4.69, 9.17) is 5.11 Å². The van der Waals surface area contributed by atoms with Crippen LogP contribution in [-0.4, -0.2) is 17.3 Å². The third kappa shape index (κ3) is 1.99. The molecular formula is C10H8F4N2O2. The summed E-state index contributed by atoms with van der Waals surface area (Å²) >= 11 is 0. The van der Waals surface area contributed by atoms with Gasteiger partial charge in [0.05, 0.1) is 12.3 Å². The van der Waals surface area contributed by atoms with Gasteiger partial charge in [-0.15, -0.1) is 5.12 Å². The van der Waals surface area contributed by atoms with Crippen LogP contribution in [0.4, 0.5) is 28.1 Å². The third-order valence-corrected chi connectivity index (χ3v) is 2.57. The van der Waals surface area contributed by atoms with Gasteiger partial charge in [0, 0.05) is 5.56 Å². The topological polar surface area (TPSA) is 52.6 Å². The van der Waals surface area contributed by atoms with Crippen molar-refractivity contribution in [3.05, 3.63) is 29.3 Å². The first-order chi connectivity index (χ1) is 8.34. The van der Waals surface area contributed by atoms with E-state index in [0.717, 1.165) is 12.1 Å². The molecule has 2 amide bonds. The molecule has 0 saturated carbocycles. The molecule has 0 aromatic heterocycles. The number of rotatable bonds is 1. The van der Waals surface area contributed by atoms with Crippen LogP contribution in [-0.2, 0) is 6.61 Å². The number of aliphatic hydroxyl groups is 1. The Balaban J connectivity index is 2.55. The van der Waals surface area contributed by atoms with Crippen LogP contribution in [0.15, 0.2) is 18.2 Å². The van der Waals surface area contributed by atoms with Gasteiger partial charge in [0.25, 0.3) is 0 Å². The zero-order valence-electron chi connectivity index (χ0n) is 8.83. The quantitative estimate of drug-likeness (QED) is 0.603. The first kappa shape index (κ1) is 12.6. The lowest BCUT2D eigenvalue weighted by molar-refractivity contribution is -0.155. The molecule has 1 unspecified atom stereocenters. The maximum absolute atomic E-state index is 13.4. The second-order valence-corrected chi connectivity index (χ2v) is 3.76. The molecule has 2 N–H and O–H groups in total. The minimum absolute atomic E-state index is 0.215. The molecule has 1 atom stereocenters. The number of aliphatic hydroxyl groups excluding tert-OH is 1. The highest BCUT2D eigenvalue weighted by Gasteiger charge is 2.47. The van der Waals surface area contributed by atoms with E-state index in [1.54, 1.807) is 0 Å². The number of hydrogen-bond acceptors (Lipinski definition) is 2. The zero-order chi connectivity index (χ0) is 13.5. The van der Waals surface area contributed by atoms with Gasteiger partial charge in [-0.3, -0.25) is 0 Å². The second kappa shape index (κ2) is 4.13. The maximum Gasteiger partial charge on any atom is 0.413 e. The summed E-state index contributed by atoms with van der Waals surface area (Å²) in [7, 11) is 0. The average molecular weight is 264 g/mol. The van der Waals surface area contributed by atoms with Crippen LogP contribution in [0.25, 0.3) is 0 Å². The lowest BCUT2D eigenvalue weighted by Crippen LogP contribution is -2.47. The monoisotopic (exact) mass is 264 g/mol. The van der Waals surface area contributed by atoms with Gasteiger partial charge in [0.2, 0.25) is 0 Å².